The Kier molecular flexibility index (Phi) is 5.74. The number of hydrogen-bond acceptors (Lipinski definition) is 3. The maximum absolute atomic E-state index is 5.87. The van der Waals surface area contributed by atoms with E-state index in [9.17, 15) is 0 Å². The van der Waals surface area contributed by atoms with Gasteiger partial charge in [0.1, 0.15) is 5.15 Å². The van der Waals surface area contributed by atoms with E-state index in [2.05, 4.69) is 24.3 Å². The van der Waals surface area contributed by atoms with E-state index < -0.39 is 0 Å². The summed E-state index contributed by atoms with van der Waals surface area (Å²) in [5, 5.41) is 0.516. The van der Waals surface area contributed by atoms with Gasteiger partial charge in [0.15, 0.2) is 0 Å². The quantitative estimate of drug-likeness (QED) is 0.457. The van der Waals surface area contributed by atoms with Crippen molar-refractivity contribution in [3.05, 3.63) is 29.0 Å². The van der Waals surface area contributed by atoms with E-state index in [0.717, 1.165) is 12.0 Å². The van der Waals surface area contributed by atoms with Gasteiger partial charge in [-0.15, -0.1) is 0 Å². The molecule has 1 aromatic rings. The summed E-state index contributed by atoms with van der Waals surface area (Å²) in [5.41, 5.74) is 3.96. The van der Waals surface area contributed by atoms with Crippen LogP contribution in [0.15, 0.2) is 18.3 Å². The van der Waals surface area contributed by atoms with Crippen LogP contribution in [-0.2, 0) is 0 Å². The third-order valence-electron chi connectivity index (χ3n) is 3.08. The predicted octanol–water partition coefficient (Wildman–Crippen LogP) is 3.07. The van der Waals surface area contributed by atoms with Crippen molar-refractivity contribution < 1.29 is 0 Å². The van der Waals surface area contributed by atoms with Crippen LogP contribution in [0.3, 0.4) is 0 Å². The van der Waals surface area contributed by atoms with Gasteiger partial charge in [-0.05, 0) is 30.0 Å². The van der Waals surface area contributed by atoms with Gasteiger partial charge in [0.2, 0.25) is 0 Å². The van der Waals surface area contributed by atoms with E-state index in [1.807, 2.05) is 12.1 Å². The Balaban J connectivity index is 2.74. The van der Waals surface area contributed by atoms with Crippen LogP contribution in [0.5, 0.6) is 0 Å². The fourth-order valence-electron chi connectivity index (χ4n) is 1.89. The van der Waals surface area contributed by atoms with Gasteiger partial charge in [0.05, 0.1) is 0 Å². The highest BCUT2D eigenvalue weighted by Crippen LogP contribution is 2.25. The number of hydrogen-bond donors (Lipinski definition) is 2. The first-order valence-corrected chi connectivity index (χ1v) is 6.16. The second kappa shape index (κ2) is 6.84. The van der Waals surface area contributed by atoms with Gasteiger partial charge in [-0.2, -0.15) is 0 Å². The molecule has 0 aliphatic rings. The average Bonchev–Trinajstić information content (AvgIpc) is 2.31. The summed E-state index contributed by atoms with van der Waals surface area (Å²) in [6, 6.07) is 3.98. The number of nitrogens with two attached hydrogens (primary N) is 1. The standard InChI is InChI=1S/C12H20ClN3/c1-3-9(4-2)7-11(16-14)10-5-6-15-12(13)8-10/h5-6,8-9,11,16H,3-4,7,14H2,1-2H3. The number of hydrazine groups is 1. The minimum Gasteiger partial charge on any atom is -0.271 e. The number of pyridine rings is 1. The number of halogens is 1. The molecule has 0 aromatic carbocycles. The lowest BCUT2D eigenvalue weighted by molar-refractivity contribution is 0.375. The summed E-state index contributed by atoms with van der Waals surface area (Å²) in [6.07, 6.45) is 5.10. The fraction of sp³-hybridized carbons (Fsp3) is 0.583. The molecule has 3 N–H and O–H groups in total. The Hall–Kier alpha value is -0.640. The molecule has 1 rings (SSSR count). The van der Waals surface area contributed by atoms with Gasteiger partial charge < -0.3 is 0 Å². The Labute approximate surface area is 102 Å². The molecular formula is C12H20ClN3. The number of rotatable bonds is 6. The lowest BCUT2D eigenvalue weighted by Gasteiger charge is -2.21. The van der Waals surface area contributed by atoms with Crippen molar-refractivity contribution in [3.63, 3.8) is 0 Å². The van der Waals surface area contributed by atoms with Gasteiger partial charge in [0, 0.05) is 12.2 Å². The van der Waals surface area contributed by atoms with E-state index in [-0.39, 0.29) is 6.04 Å². The monoisotopic (exact) mass is 241 g/mol. The zero-order valence-electron chi connectivity index (χ0n) is 9.91. The third-order valence-corrected chi connectivity index (χ3v) is 3.28. The van der Waals surface area contributed by atoms with Crippen LogP contribution in [0, 0.1) is 5.92 Å². The van der Waals surface area contributed by atoms with Crippen molar-refractivity contribution in [1.82, 2.24) is 10.4 Å². The predicted molar refractivity (Wildman–Crippen MR) is 68.0 cm³/mol. The van der Waals surface area contributed by atoms with E-state index >= 15 is 0 Å². The number of nitrogens with zero attached hydrogens (tertiary/aromatic N) is 1. The van der Waals surface area contributed by atoms with Gasteiger partial charge >= 0.3 is 0 Å². The van der Waals surface area contributed by atoms with Crippen LogP contribution >= 0.6 is 11.6 Å². The number of aromatic nitrogens is 1. The molecule has 1 aromatic heterocycles. The van der Waals surface area contributed by atoms with Crippen molar-refractivity contribution in [2.24, 2.45) is 11.8 Å². The van der Waals surface area contributed by atoms with Crippen molar-refractivity contribution in [2.45, 2.75) is 39.2 Å². The van der Waals surface area contributed by atoms with Crippen LogP contribution < -0.4 is 11.3 Å². The van der Waals surface area contributed by atoms with Crippen LogP contribution in [-0.4, -0.2) is 4.98 Å². The zero-order chi connectivity index (χ0) is 12.0. The molecule has 0 bridgehead atoms. The van der Waals surface area contributed by atoms with E-state index in [4.69, 9.17) is 17.4 Å². The second-order valence-corrected chi connectivity index (χ2v) is 4.44. The van der Waals surface area contributed by atoms with Crippen LogP contribution in [0.2, 0.25) is 5.15 Å². The van der Waals surface area contributed by atoms with Crippen molar-refractivity contribution in [2.75, 3.05) is 0 Å². The molecule has 3 nitrogen and oxygen atoms in total. The molecule has 90 valence electrons. The highest BCUT2D eigenvalue weighted by molar-refractivity contribution is 6.29. The highest BCUT2D eigenvalue weighted by Gasteiger charge is 2.15. The summed E-state index contributed by atoms with van der Waals surface area (Å²) in [5.74, 6) is 6.29. The first kappa shape index (κ1) is 13.4. The maximum atomic E-state index is 5.87. The molecule has 4 heteroatoms. The molecule has 0 saturated carbocycles. The lowest BCUT2D eigenvalue weighted by atomic mass is 9.92. The summed E-state index contributed by atoms with van der Waals surface area (Å²) in [6.45, 7) is 4.42. The smallest absolute Gasteiger partial charge is 0.129 e. The van der Waals surface area contributed by atoms with E-state index in [0.29, 0.717) is 11.1 Å². The van der Waals surface area contributed by atoms with E-state index in [1.165, 1.54) is 12.8 Å². The maximum Gasteiger partial charge on any atom is 0.129 e. The molecule has 0 amide bonds. The van der Waals surface area contributed by atoms with Gasteiger partial charge in [-0.1, -0.05) is 38.3 Å². The third kappa shape index (κ3) is 3.74. The summed E-state index contributed by atoms with van der Waals surface area (Å²) in [4.78, 5) is 3.97. The average molecular weight is 242 g/mol. The highest BCUT2D eigenvalue weighted by atomic mass is 35.5. The summed E-state index contributed by atoms with van der Waals surface area (Å²) < 4.78 is 0. The van der Waals surface area contributed by atoms with Crippen LogP contribution in [0.25, 0.3) is 0 Å². The zero-order valence-corrected chi connectivity index (χ0v) is 10.7. The minimum atomic E-state index is 0.158. The van der Waals surface area contributed by atoms with Gasteiger partial charge in [-0.3, -0.25) is 11.3 Å². The Bertz CT molecular complexity index is 313. The normalized spacial score (nSPS) is 13.1. The molecule has 1 heterocycles. The topological polar surface area (TPSA) is 50.9 Å². The molecular weight excluding hydrogens is 222 g/mol. The van der Waals surface area contributed by atoms with E-state index in [1.54, 1.807) is 6.20 Å². The van der Waals surface area contributed by atoms with Crippen LogP contribution in [0.4, 0.5) is 0 Å². The Morgan fingerprint density at radius 2 is 2.12 bits per heavy atom. The first-order chi connectivity index (χ1) is 7.71. The first-order valence-electron chi connectivity index (χ1n) is 5.78. The summed E-state index contributed by atoms with van der Waals surface area (Å²) >= 11 is 5.87. The largest absolute Gasteiger partial charge is 0.271 e. The molecule has 0 radical (unpaired) electrons. The molecule has 0 saturated heterocycles. The lowest BCUT2D eigenvalue weighted by Crippen LogP contribution is -2.29. The molecule has 0 fully saturated rings. The molecule has 0 spiro atoms. The van der Waals surface area contributed by atoms with Crippen molar-refractivity contribution in [1.29, 1.82) is 0 Å². The van der Waals surface area contributed by atoms with Crippen LogP contribution in [0.1, 0.15) is 44.7 Å². The second-order valence-electron chi connectivity index (χ2n) is 4.05. The SMILES string of the molecule is CCC(CC)CC(NN)c1ccnc(Cl)c1. The Morgan fingerprint density at radius 3 is 2.62 bits per heavy atom. The van der Waals surface area contributed by atoms with Crippen molar-refractivity contribution in [3.8, 4) is 0 Å². The molecule has 0 aliphatic heterocycles. The molecule has 16 heavy (non-hydrogen) atoms. The summed E-state index contributed by atoms with van der Waals surface area (Å²) in [7, 11) is 0. The van der Waals surface area contributed by atoms with Gasteiger partial charge in [-0.25, -0.2) is 4.98 Å². The minimum absolute atomic E-state index is 0.158. The molecule has 0 aliphatic carbocycles. The molecule has 1 unspecified atom stereocenters. The molecule has 1 atom stereocenters. The van der Waals surface area contributed by atoms with Gasteiger partial charge in [0.25, 0.3) is 0 Å². The van der Waals surface area contributed by atoms with Crippen molar-refractivity contribution >= 4 is 11.6 Å². The fourth-order valence-corrected chi connectivity index (χ4v) is 2.07. The number of nitrogens with one attached hydrogen (secondary N) is 1. The Morgan fingerprint density at radius 1 is 1.44 bits per heavy atom.